The van der Waals surface area contributed by atoms with E-state index in [-0.39, 0.29) is 6.16 Å². The van der Waals surface area contributed by atoms with Crippen molar-refractivity contribution in [1.29, 1.82) is 0 Å². The SMILES string of the molecule is CCCCCCCCCCCC.CCCCCCCCCCCCCCP(=O)(O)O. The topological polar surface area (TPSA) is 57.5 Å². The molecule has 0 atom stereocenters. The molecule has 4 heteroatoms. The Kier molecular flexibility index (Phi) is 29.3. The minimum Gasteiger partial charge on any atom is -0.324 e. The maximum Gasteiger partial charge on any atom is 0.325 e. The lowest BCUT2D eigenvalue weighted by atomic mass is 10.1. The summed E-state index contributed by atoms with van der Waals surface area (Å²) in [4.78, 5) is 17.4. The highest BCUT2D eigenvalue weighted by Gasteiger charge is 2.10. The minimum atomic E-state index is -3.75. The van der Waals surface area contributed by atoms with Crippen molar-refractivity contribution in [2.45, 2.75) is 162 Å². The van der Waals surface area contributed by atoms with Gasteiger partial charge in [0.2, 0.25) is 0 Å². The van der Waals surface area contributed by atoms with Crippen LogP contribution in [0.3, 0.4) is 0 Å². The van der Waals surface area contributed by atoms with Gasteiger partial charge in [-0.3, -0.25) is 4.57 Å². The molecule has 0 aromatic carbocycles. The van der Waals surface area contributed by atoms with Gasteiger partial charge in [0.1, 0.15) is 0 Å². The van der Waals surface area contributed by atoms with E-state index in [9.17, 15) is 4.57 Å². The molecule has 0 aliphatic carbocycles. The molecule has 0 amide bonds. The van der Waals surface area contributed by atoms with Crippen molar-refractivity contribution in [3.63, 3.8) is 0 Å². The molecule has 0 aliphatic heterocycles. The molecule has 30 heavy (non-hydrogen) atoms. The van der Waals surface area contributed by atoms with E-state index in [4.69, 9.17) is 9.79 Å². The molecule has 0 unspecified atom stereocenters. The molecule has 0 aromatic rings. The van der Waals surface area contributed by atoms with Gasteiger partial charge in [0.05, 0.1) is 0 Å². The Labute approximate surface area is 190 Å². The van der Waals surface area contributed by atoms with Crippen LogP contribution in [0.4, 0.5) is 0 Å². The van der Waals surface area contributed by atoms with Crippen molar-refractivity contribution in [3.8, 4) is 0 Å². The van der Waals surface area contributed by atoms with Crippen molar-refractivity contribution in [2.75, 3.05) is 6.16 Å². The third kappa shape index (κ3) is 35.6. The molecule has 3 nitrogen and oxygen atoms in total. The zero-order chi connectivity index (χ0) is 22.8. The Balaban J connectivity index is 0. The molecule has 0 aliphatic rings. The van der Waals surface area contributed by atoms with Crippen molar-refractivity contribution in [1.82, 2.24) is 0 Å². The molecule has 2 N–H and O–H groups in total. The normalized spacial score (nSPS) is 11.4. The highest BCUT2D eigenvalue weighted by molar-refractivity contribution is 7.51. The van der Waals surface area contributed by atoms with E-state index in [1.54, 1.807) is 0 Å². The molecular weight excluding hydrogens is 391 g/mol. The van der Waals surface area contributed by atoms with E-state index in [1.165, 1.54) is 122 Å². The van der Waals surface area contributed by atoms with E-state index in [0.29, 0.717) is 6.42 Å². The van der Waals surface area contributed by atoms with Crippen LogP contribution in [0.25, 0.3) is 0 Å². The van der Waals surface area contributed by atoms with E-state index in [2.05, 4.69) is 20.8 Å². The number of hydrogen-bond donors (Lipinski definition) is 2. The standard InChI is InChI=1S/C14H31O3P.C12H26/c1-2-3-4-5-6-7-8-9-10-11-12-13-14-18(15,16)17;1-3-5-7-9-11-12-10-8-6-4-2/h2-14H2,1H3,(H2,15,16,17);3-12H2,1-2H3. The summed E-state index contributed by atoms with van der Waals surface area (Å²) in [6.07, 6.45) is 29.3. The molecule has 0 saturated heterocycles. The second kappa shape index (κ2) is 27.2. The predicted octanol–water partition coefficient (Wildman–Crippen LogP) is 9.79. The van der Waals surface area contributed by atoms with Gasteiger partial charge in [-0.05, 0) is 6.42 Å². The Morgan fingerprint density at radius 1 is 0.400 bits per heavy atom. The quantitative estimate of drug-likeness (QED) is 0.128. The molecule has 0 bridgehead atoms. The fraction of sp³-hybridized carbons (Fsp3) is 1.00. The van der Waals surface area contributed by atoms with Crippen molar-refractivity contribution < 1.29 is 14.4 Å². The summed E-state index contributed by atoms with van der Waals surface area (Å²) < 4.78 is 10.6. The third-order valence-electron chi connectivity index (χ3n) is 5.76. The molecule has 0 aromatic heterocycles. The van der Waals surface area contributed by atoms with Crippen LogP contribution in [0.5, 0.6) is 0 Å². The van der Waals surface area contributed by atoms with Crippen LogP contribution in [0, 0.1) is 0 Å². The van der Waals surface area contributed by atoms with Crippen LogP contribution in [-0.4, -0.2) is 15.9 Å². The molecule has 0 radical (unpaired) electrons. The van der Waals surface area contributed by atoms with Crippen molar-refractivity contribution in [3.05, 3.63) is 0 Å². The van der Waals surface area contributed by atoms with E-state index in [1.807, 2.05) is 0 Å². The average molecular weight is 449 g/mol. The first kappa shape index (κ1) is 32.3. The van der Waals surface area contributed by atoms with E-state index in [0.717, 1.165) is 12.8 Å². The van der Waals surface area contributed by atoms with Gasteiger partial charge in [-0.1, -0.05) is 156 Å². The van der Waals surface area contributed by atoms with Gasteiger partial charge >= 0.3 is 7.60 Å². The van der Waals surface area contributed by atoms with Gasteiger partial charge in [0, 0.05) is 6.16 Å². The summed E-state index contributed by atoms with van der Waals surface area (Å²) in [7, 11) is -3.75. The summed E-state index contributed by atoms with van der Waals surface area (Å²) >= 11 is 0. The van der Waals surface area contributed by atoms with Gasteiger partial charge in [-0.2, -0.15) is 0 Å². The first-order chi connectivity index (χ1) is 14.5. The first-order valence-electron chi connectivity index (χ1n) is 13.5. The Hall–Kier alpha value is 0.150. The highest BCUT2D eigenvalue weighted by atomic mass is 31.2. The zero-order valence-corrected chi connectivity index (χ0v) is 21.9. The smallest absolute Gasteiger partial charge is 0.324 e. The van der Waals surface area contributed by atoms with Gasteiger partial charge in [0.25, 0.3) is 0 Å². The molecule has 0 heterocycles. The molecule has 0 spiro atoms. The first-order valence-corrected chi connectivity index (χ1v) is 15.3. The molecule has 0 saturated carbocycles. The zero-order valence-electron chi connectivity index (χ0n) is 21.0. The van der Waals surface area contributed by atoms with Gasteiger partial charge < -0.3 is 9.79 Å². The van der Waals surface area contributed by atoms with E-state index >= 15 is 0 Å². The second-order valence-electron chi connectivity index (χ2n) is 9.11. The summed E-state index contributed by atoms with van der Waals surface area (Å²) in [5.41, 5.74) is 0. The Morgan fingerprint density at radius 2 is 0.600 bits per heavy atom. The fourth-order valence-corrected chi connectivity index (χ4v) is 4.35. The Morgan fingerprint density at radius 3 is 0.800 bits per heavy atom. The summed E-state index contributed by atoms with van der Waals surface area (Å²) in [5, 5.41) is 0. The maximum atomic E-state index is 10.6. The lowest BCUT2D eigenvalue weighted by Gasteiger charge is -2.04. The Bertz CT molecular complexity index is 331. The number of hydrogen-bond acceptors (Lipinski definition) is 1. The highest BCUT2D eigenvalue weighted by Crippen LogP contribution is 2.35. The second-order valence-corrected chi connectivity index (χ2v) is 10.9. The number of rotatable bonds is 22. The van der Waals surface area contributed by atoms with Crippen LogP contribution >= 0.6 is 7.60 Å². The van der Waals surface area contributed by atoms with E-state index < -0.39 is 7.60 Å². The van der Waals surface area contributed by atoms with Gasteiger partial charge in [-0.15, -0.1) is 0 Å². The lowest BCUT2D eigenvalue weighted by Crippen LogP contribution is -1.88. The van der Waals surface area contributed by atoms with Crippen molar-refractivity contribution >= 4 is 7.60 Å². The lowest BCUT2D eigenvalue weighted by molar-refractivity contribution is 0.370. The summed E-state index contributed by atoms with van der Waals surface area (Å²) in [6, 6.07) is 0. The minimum absolute atomic E-state index is 0.0599. The van der Waals surface area contributed by atoms with Crippen LogP contribution in [0.15, 0.2) is 0 Å². The van der Waals surface area contributed by atoms with Crippen LogP contribution < -0.4 is 0 Å². The van der Waals surface area contributed by atoms with Gasteiger partial charge in [0.15, 0.2) is 0 Å². The largest absolute Gasteiger partial charge is 0.325 e. The average Bonchev–Trinajstić information content (AvgIpc) is 2.70. The van der Waals surface area contributed by atoms with Crippen LogP contribution in [0.2, 0.25) is 0 Å². The van der Waals surface area contributed by atoms with Crippen LogP contribution in [-0.2, 0) is 4.57 Å². The number of unbranched alkanes of at least 4 members (excludes halogenated alkanes) is 20. The fourth-order valence-electron chi connectivity index (χ4n) is 3.72. The summed E-state index contributed by atoms with van der Waals surface area (Å²) in [6.45, 7) is 6.80. The third-order valence-corrected chi connectivity index (χ3v) is 6.66. The molecule has 184 valence electrons. The monoisotopic (exact) mass is 448 g/mol. The van der Waals surface area contributed by atoms with Crippen molar-refractivity contribution in [2.24, 2.45) is 0 Å². The van der Waals surface area contributed by atoms with Gasteiger partial charge in [-0.25, -0.2) is 0 Å². The molecule has 0 fully saturated rings. The maximum absolute atomic E-state index is 10.6. The predicted molar refractivity (Wildman–Crippen MR) is 136 cm³/mol. The van der Waals surface area contributed by atoms with Crippen LogP contribution in [0.1, 0.15) is 162 Å². The molecule has 0 rings (SSSR count). The molecular formula is C26H57O3P. The summed E-state index contributed by atoms with van der Waals surface area (Å²) in [5.74, 6) is 0.